The predicted molar refractivity (Wildman–Crippen MR) is 57.9 cm³/mol. The lowest BCUT2D eigenvalue weighted by molar-refractivity contribution is -0.151. The van der Waals surface area contributed by atoms with Crippen molar-refractivity contribution in [1.82, 2.24) is 10.6 Å². The van der Waals surface area contributed by atoms with Crippen molar-refractivity contribution < 1.29 is 19.1 Å². The number of ether oxygens (including phenoxy) is 1. The molecule has 6 nitrogen and oxygen atoms in total. The summed E-state index contributed by atoms with van der Waals surface area (Å²) in [5.74, 6) is -0.782. The van der Waals surface area contributed by atoms with Gasteiger partial charge in [-0.15, -0.1) is 0 Å². The Balaban J connectivity index is 2.32. The lowest BCUT2D eigenvalue weighted by atomic mass is 9.85. The van der Waals surface area contributed by atoms with E-state index in [4.69, 9.17) is 4.74 Å². The SMILES string of the molecule is COC(=O)[C@]1(C)C[C@@H](C)[C@@]2(C1)NC(=O)NC2=O. The normalized spacial score (nSPS) is 40.3. The van der Waals surface area contributed by atoms with Gasteiger partial charge < -0.3 is 10.1 Å². The molecule has 1 aliphatic heterocycles. The Kier molecular flexibility index (Phi) is 2.41. The molecular formula is C11H16N2O4. The second-order valence-corrected chi connectivity index (χ2v) is 5.21. The maximum absolute atomic E-state index is 11.9. The molecule has 0 unspecified atom stereocenters. The second kappa shape index (κ2) is 3.45. The highest BCUT2D eigenvalue weighted by Gasteiger charge is 2.61. The lowest BCUT2D eigenvalue weighted by Gasteiger charge is -2.26. The molecule has 1 heterocycles. The molecule has 1 spiro atoms. The lowest BCUT2D eigenvalue weighted by Crippen LogP contribution is -2.49. The van der Waals surface area contributed by atoms with Crippen molar-refractivity contribution in [2.24, 2.45) is 11.3 Å². The minimum Gasteiger partial charge on any atom is -0.469 e. The maximum Gasteiger partial charge on any atom is 0.322 e. The van der Waals surface area contributed by atoms with E-state index in [1.54, 1.807) is 6.92 Å². The molecule has 0 bridgehead atoms. The van der Waals surface area contributed by atoms with Crippen LogP contribution >= 0.6 is 0 Å². The first kappa shape index (κ1) is 11.9. The second-order valence-electron chi connectivity index (χ2n) is 5.21. The largest absolute Gasteiger partial charge is 0.469 e. The summed E-state index contributed by atoms with van der Waals surface area (Å²) in [5.41, 5.74) is -1.68. The predicted octanol–water partition coefficient (Wildman–Crippen LogP) is 0.174. The fourth-order valence-electron chi connectivity index (χ4n) is 3.09. The van der Waals surface area contributed by atoms with E-state index in [0.717, 1.165) is 0 Å². The Hall–Kier alpha value is -1.59. The zero-order valence-corrected chi connectivity index (χ0v) is 10.1. The van der Waals surface area contributed by atoms with Crippen molar-refractivity contribution in [1.29, 1.82) is 0 Å². The van der Waals surface area contributed by atoms with Crippen molar-refractivity contribution in [2.45, 2.75) is 32.2 Å². The highest BCUT2D eigenvalue weighted by atomic mass is 16.5. The standard InChI is InChI=1S/C11H16N2O4/c1-6-4-10(2,8(15)17-3)5-11(6)7(14)12-9(16)13-11/h6H,4-5H2,1-3H3,(H2,12,13,14,16)/t6-,10-,11-/m1/s1. The first-order chi connectivity index (χ1) is 7.84. The zero-order chi connectivity index (χ0) is 12.8. The number of rotatable bonds is 1. The van der Waals surface area contributed by atoms with E-state index in [-0.39, 0.29) is 24.2 Å². The molecular weight excluding hydrogens is 224 g/mol. The van der Waals surface area contributed by atoms with Gasteiger partial charge in [-0.1, -0.05) is 6.92 Å². The fraction of sp³-hybridized carbons (Fsp3) is 0.727. The summed E-state index contributed by atoms with van der Waals surface area (Å²) in [6.07, 6.45) is 0.804. The molecule has 94 valence electrons. The molecule has 3 atom stereocenters. The van der Waals surface area contributed by atoms with Crippen LogP contribution in [-0.2, 0) is 14.3 Å². The molecule has 0 aromatic rings. The molecule has 2 N–H and O–H groups in total. The van der Waals surface area contributed by atoms with E-state index in [0.29, 0.717) is 6.42 Å². The number of carbonyl (C=O) groups is 3. The summed E-state index contributed by atoms with van der Waals surface area (Å²) < 4.78 is 4.77. The minimum absolute atomic E-state index is 0.0990. The van der Waals surface area contributed by atoms with Crippen LogP contribution in [0.5, 0.6) is 0 Å². The van der Waals surface area contributed by atoms with Gasteiger partial charge in [0.25, 0.3) is 5.91 Å². The summed E-state index contributed by atoms with van der Waals surface area (Å²) in [6.45, 7) is 3.63. The molecule has 17 heavy (non-hydrogen) atoms. The van der Waals surface area contributed by atoms with Crippen molar-refractivity contribution >= 4 is 17.9 Å². The van der Waals surface area contributed by atoms with Gasteiger partial charge in [-0.05, 0) is 25.7 Å². The van der Waals surface area contributed by atoms with Crippen LogP contribution in [0.2, 0.25) is 0 Å². The van der Waals surface area contributed by atoms with Crippen LogP contribution in [0.3, 0.4) is 0 Å². The molecule has 3 amide bonds. The molecule has 1 aliphatic carbocycles. The van der Waals surface area contributed by atoms with Crippen molar-refractivity contribution in [3.63, 3.8) is 0 Å². The van der Waals surface area contributed by atoms with E-state index in [1.165, 1.54) is 7.11 Å². The fourth-order valence-corrected chi connectivity index (χ4v) is 3.09. The zero-order valence-electron chi connectivity index (χ0n) is 10.1. The number of urea groups is 1. The smallest absolute Gasteiger partial charge is 0.322 e. The summed E-state index contributed by atoms with van der Waals surface area (Å²) in [6, 6.07) is -0.490. The topological polar surface area (TPSA) is 84.5 Å². The Morgan fingerprint density at radius 2 is 2.12 bits per heavy atom. The van der Waals surface area contributed by atoms with Gasteiger partial charge in [-0.2, -0.15) is 0 Å². The third-order valence-electron chi connectivity index (χ3n) is 3.91. The molecule has 2 rings (SSSR count). The van der Waals surface area contributed by atoms with Gasteiger partial charge in [0.15, 0.2) is 0 Å². The van der Waals surface area contributed by atoms with E-state index < -0.39 is 17.0 Å². The molecule has 6 heteroatoms. The Labute approximate surface area is 99.1 Å². The summed E-state index contributed by atoms with van der Waals surface area (Å²) in [4.78, 5) is 34.9. The van der Waals surface area contributed by atoms with Gasteiger partial charge in [0.1, 0.15) is 5.54 Å². The van der Waals surface area contributed by atoms with Gasteiger partial charge in [0.2, 0.25) is 0 Å². The number of amides is 3. The maximum atomic E-state index is 11.9. The minimum atomic E-state index is -0.958. The molecule has 0 aromatic carbocycles. The first-order valence-electron chi connectivity index (χ1n) is 5.56. The van der Waals surface area contributed by atoms with Gasteiger partial charge in [0, 0.05) is 0 Å². The van der Waals surface area contributed by atoms with Gasteiger partial charge in [-0.3, -0.25) is 14.9 Å². The Morgan fingerprint density at radius 3 is 2.59 bits per heavy atom. The third kappa shape index (κ3) is 1.50. The highest BCUT2D eigenvalue weighted by molar-refractivity contribution is 6.08. The number of hydrogen-bond acceptors (Lipinski definition) is 4. The van der Waals surface area contributed by atoms with Crippen LogP contribution in [0.1, 0.15) is 26.7 Å². The number of nitrogens with one attached hydrogen (secondary N) is 2. The van der Waals surface area contributed by atoms with E-state index in [1.807, 2.05) is 6.92 Å². The van der Waals surface area contributed by atoms with E-state index in [2.05, 4.69) is 10.6 Å². The van der Waals surface area contributed by atoms with E-state index in [9.17, 15) is 14.4 Å². The van der Waals surface area contributed by atoms with Crippen LogP contribution in [0.25, 0.3) is 0 Å². The first-order valence-corrected chi connectivity index (χ1v) is 5.56. The number of carbonyl (C=O) groups excluding carboxylic acids is 3. The summed E-state index contributed by atoms with van der Waals surface area (Å²) in [5, 5.41) is 4.89. The number of hydrogen-bond donors (Lipinski definition) is 2. The van der Waals surface area contributed by atoms with Crippen molar-refractivity contribution in [3.05, 3.63) is 0 Å². The van der Waals surface area contributed by atoms with Crippen LogP contribution in [0, 0.1) is 11.3 Å². The van der Waals surface area contributed by atoms with Crippen molar-refractivity contribution in [3.8, 4) is 0 Å². The number of imide groups is 1. The monoisotopic (exact) mass is 240 g/mol. The molecule has 1 saturated heterocycles. The highest BCUT2D eigenvalue weighted by Crippen LogP contribution is 2.49. The van der Waals surface area contributed by atoms with Crippen LogP contribution in [0.4, 0.5) is 4.79 Å². The third-order valence-corrected chi connectivity index (χ3v) is 3.91. The Bertz CT molecular complexity index is 408. The molecule has 0 aromatic heterocycles. The van der Waals surface area contributed by atoms with Crippen LogP contribution in [0.15, 0.2) is 0 Å². The molecule has 1 saturated carbocycles. The van der Waals surface area contributed by atoms with Crippen molar-refractivity contribution in [2.75, 3.05) is 7.11 Å². The van der Waals surface area contributed by atoms with Crippen LogP contribution < -0.4 is 10.6 Å². The van der Waals surface area contributed by atoms with Gasteiger partial charge >= 0.3 is 12.0 Å². The molecule has 2 fully saturated rings. The number of methoxy groups -OCH3 is 1. The Morgan fingerprint density at radius 1 is 1.47 bits per heavy atom. The van der Waals surface area contributed by atoms with E-state index >= 15 is 0 Å². The van der Waals surface area contributed by atoms with Crippen LogP contribution in [-0.4, -0.2) is 30.6 Å². The quantitative estimate of drug-likeness (QED) is 0.505. The van der Waals surface area contributed by atoms with Gasteiger partial charge in [0.05, 0.1) is 12.5 Å². The molecule has 2 aliphatic rings. The average molecular weight is 240 g/mol. The summed E-state index contributed by atoms with van der Waals surface area (Å²) >= 11 is 0. The van der Waals surface area contributed by atoms with Gasteiger partial charge in [-0.25, -0.2) is 4.79 Å². The summed E-state index contributed by atoms with van der Waals surface area (Å²) in [7, 11) is 1.33. The number of esters is 1. The average Bonchev–Trinajstić information content (AvgIpc) is 2.66. The molecule has 0 radical (unpaired) electrons.